The predicted octanol–water partition coefficient (Wildman–Crippen LogP) is 5.30. The molecule has 3 aromatic carbocycles. The van der Waals surface area contributed by atoms with Gasteiger partial charge in [0, 0.05) is 11.4 Å². The number of carbonyl (C=O) groups excluding carboxylic acids is 2. The normalized spacial score (nSPS) is 11.5. The molecule has 35 heavy (non-hydrogen) atoms. The van der Waals surface area contributed by atoms with Gasteiger partial charge in [0.05, 0.1) is 17.2 Å². The Hall–Kier alpha value is -3.26. The van der Waals surface area contributed by atoms with Crippen molar-refractivity contribution in [1.82, 2.24) is 5.32 Å². The van der Waals surface area contributed by atoms with Crippen LogP contribution in [0.1, 0.15) is 30.1 Å². The molecule has 3 aromatic rings. The number of nitrogens with one attached hydrogen (secondary N) is 1. The van der Waals surface area contributed by atoms with Gasteiger partial charge in [-0.1, -0.05) is 59.6 Å². The van der Waals surface area contributed by atoms with Gasteiger partial charge in [-0.3, -0.25) is 14.5 Å². The van der Waals surface area contributed by atoms with Crippen molar-refractivity contribution in [1.29, 1.82) is 0 Å². The molecule has 0 saturated carbocycles. The monoisotopic (exact) mass is 515 g/mol. The van der Waals surface area contributed by atoms with E-state index < -0.39 is 17.7 Å². The average Bonchev–Trinajstić information content (AvgIpc) is 2.87. The van der Waals surface area contributed by atoms with E-state index in [2.05, 4.69) is 5.32 Å². The molecule has 3 rings (SSSR count). The molecule has 0 unspecified atom stereocenters. The molecule has 0 aromatic heterocycles. The van der Waals surface area contributed by atoms with Gasteiger partial charge in [0.2, 0.25) is 0 Å². The number of unbranched alkanes of at least 4 members (excludes halogenated alkanes) is 1. The van der Waals surface area contributed by atoms with Crippen LogP contribution in [0, 0.1) is 0 Å². The first-order valence-electron chi connectivity index (χ1n) is 11.1. The summed E-state index contributed by atoms with van der Waals surface area (Å²) in [6.07, 6.45) is 1.45. The van der Waals surface area contributed by atoms with Crippen LogP contribution in [0.4, 0.5) is 11.4 Å². The molecule has 0 spiro atoms. The quantitative estimate of drug-likeness (QED) is 0.317. The van der Waals surface area contributed by atoms with Crippen LogP contribution in [0.25, 0.3) is 0 Å². The van der Waals surface area contributed by atoms with Crippen molar-refractivity contribution in [2.75, 3.05) is 18.1 Å². The Labute approximate surface area is 214 Å². The number of nitrogens with two attached hydrogens (primary N) is 1. The van der Waals surface area contributed by atoms with Crippen molar-refractivity contribution in [2.24, 2.45) is 5.73 Å². The van der Waals surface area contributed by atoms with Gasteiger partial charge in [-0.2, -0.15) is 0 Å². The summed E-state index contributed by atoms with van der Waals surface area (Å²) in [6, 6.07) is 18.5. The number of carbonyl (C=O) groups is 2. The smallest absolute Gasteiger partial charge is 0.255 e. The minimum Gasteiger partial charge on any atom is -0.505 e. The Bertz CT molecular complexity index is 1120. The summed E-state index contributed by atoms with van der Waals surface area (Å²) >= 11 is 12.5. The van der Waals surface area contributed by atoms with Crippen LogP contribution in [0.2, 0.25) is 10.0 Å². The van der Waals surface area contributed by atoms with E-state index in [-0.39, 0.29) is 27.3 Å². The third-order valence-electron chi connectivity index (χ3n) is 5.21. The number of halogens is 2. The Balaban J connectivity index is 1.80. The Kier molecular flexibility index (Phi) is 9.37. The highest BCUT2D eigenvalue weighted by molar-refractivity contribution is 6.39. The summed E-state index contributed by atoms with van der Waals surface area (Å²) in [6.45, 7) is 2.40. The van der Waals surface area contributed by atoms with E-state index in [0.717, 1.165) is 6.42 Å². The number of ether oxygens (including phenoxy) is 1. The second kappa shape index (κ2) is 12.4. The highest BCUT2D eigenvalue weighted by Gasteiger charge is 2.27. The summed E-state index contributed by atoms with van der Waals surface area (Å²) in [4.78, 5) is 27.9. The molecule has 184 valence electrons. The summed E-state index contributed by atoms with van der Waals surface area (Å²) < 4.78 is 5.56. The van der Waals surface area contributed by atoms with Gasteiger partial charge in [-0.15, -0.1) is 0 Å². The van der Waals surface area contributed by atoms with Crippen molar-refractivity contribution < 1.29 is 19.4 Å². The van der Waals surface area contributed by atoms with Crippen LogP contribution in [0.15, 0.2) is 66.7 Å². The molecule has 0 fully saturated rings. The lowest BCUT2D eigenvalue weighted by molar-refractivity contribution is -0.119. The maximum atomic E-state index is 13.4. The molecule has 9 heteroatoms. The van der Waals surface area contributed by atoms with Crippen LogP contribution in [-0.4, -0.2) is 36.1 Å². The highest BCUT2D eigenvalue weighted by Crippen LogP contribution is 2.42. The van der Waals surface area contributed by atoms with Crippen LogP contribution in [0.5, 0.6) is 11.5 Å². The van der Waals surface area contributed by atoms with Gasteiger partial charge < -0.3 is 20.9 Å². The van der Waals surface area contributed by atoms with Gasteiger partial charge in [-0.05, 0) is 56.6 Å². The number of amides is 2. The van der Waals surface area contributed by atoms with Gasteiger partial charge in [-0.25, -0.2) is 0 Å². The zero-order chi connectivity index (χ0) is 25.4. The van der Waals surface area contributed by atoms with Crippen LogP contribution < -0.4 is 20.7 Å². The minimum atomic E-state index is -0.938. The Morgan fingerprint density at radius 2 is 1.60 bits per heavy atom. The maximum Gasteiger partial charge on any atom is 0.255 e. The summed E-state index contributed by atoms with van der Waals surface area (Å²) in [5, 5.41) is 13.1. The van der Waals surface area contributed by atoms with Crippen LogP contribution in [0.3, 0.4) is 0 Å². The molecule has 0 bridgehead atoms. The third-order valence-corrected chi connectivity index (χ3v) is 5.84. The largest absolute Gasteiger partial charge is 0.505 e. The number of phenols is 1. The number of hydrogen-bond acceptors (Lipinski definition) is 5. The molecule has 4 N–H and O–H groups in total. The zero-order valence-electron chi connectivity index (χ0n) is 19.2. The third kappa shape index (κ3) is 6.45. The van der Waals surface area contributed by atoms with E-state index in [1.165, 1.54) is 11.0 Å². The summed E-state index contributed by atoms with van der Waals surface area (Å²) in [5.74, 6) is -1.47. The zero-order valence-corrected chi connectivity index (χ0v) is 20.7. The van der Waals surface area contributed by atoms with E-state index in [0.29, 0.717) is 30.9 Å². The van der Waals surface area contributed by atoms with E-state index in [4.69, 9.17) is 33.7 Å². The molecule has 0 aliphatic carbocycles. The van der Waals surface area contributed by atoms with E-state index >= 15 is 0 Å². The molecule has 0 heterocycles. The lowest BCUT2D eigenvalue weighted by Crippen LogP contribution is -2.45. The van der Waals surface area contributed by atoms with Crippen molar-refractivity contribution in [3.8, 4) is 11.5 Å². The summed E-state index contributed by atoms with van der Waals surface area (Å²) in [5.41, 5.74) is 6.60. The second-order valence-electron chi connectivity index (χ2n) is 7.78. The first-order chi connectivity index (χ1) is 16.8. The van der Waals surface area contributed by atoms with E-state index in [1.807, 2.05) is 36.4 Å². The lowest BCUT2D eigenvalue weighted by atomic mass is 10.1. The maximum absolute atomic E-state index is 13.4. The fourth-order valence-corrected chi connectivity index (χ4v) is 3.97. The number of aromatic hydroxyl groups is 1. The fourth-order valence-electron chi connectivity index (χ4n) is 3.40. The Morgan fingerprint density at radius 1 is 1.03 bits per heavy atom. The molecule has 0 radical (unpaired) electrons. The first-order valence-corrected chi connectivity index (χ1v) is 11.9. The van der Waals surface area contributed by atoms with Gasteiger partial charge in [0.1, 0.15) is 11.1 Å². The molecule has 1 atom stereocenters. The molecule has 7 nitrogen and oxygen atoms in total. The minimum absolute atomic E-state index is 0.0693. The summed E-state index contributed by atoms with van der Waals surface area (Å²) in [7, 11) is 0. The van der Waals surface area contributed by atoms with Crippen molar-refractivity contribution in [3.63, 3.8) is 0 Å². The fraction of sp³-hybridized carbons (Fsp3) is 0.231. The van der Waals surface area contributed by atoms with Crippen LogP contribution in [-0.2, 0) is 4.79 Å². The van der Waals surface area contributed by atoms with Crippen molar-refractivity contribution >= 4 is 46.4 Å². The van der Waals surface area contributed by atoms with Gasteiger partial charge in [0.15, 0.2) is 11.5 Å². The SMILES string of the molecule is C[C@H](NC(=O)c1cc(Cl)c(OCCCCN)c(Cl)c1O)C(=O)N(c1ccccc1)c1ccccc1. The number of nitrogens with zero attached hydrogens (tertiary/aromatic N) is 1. The topological polar surface area (TPSA) is 105 Å². The van der Waals surface area contributed by atoms with Crippen molar-refractivity contribution in [2.45, 2.75) is 25.8 Å². The number of phenolic OH excluding ortho intramolecular Hbond substituents is 1. The number of anilines is 2. The number of rotatable bonds is 10. The lowest BCUT2D eigenvalue weighted by Gasteiger charge is -2.26. The molecule has 0 saturated heterocycles. The van der Waals surface area contributed by atoms with E-state index in [1.54, 1.807) is 31.2 Å². The number of benzene rings is 3. The molecule has 0 aliphatic rings. The van der Waals surface area contributed by atoms with Crippen molar-refractivity contribution in [3.05, 3.63) is 82.3 Å². The van der Waals surface area contributed by atoms with Crippen LogP contribution >= 0.6 is 23.2 Å². The molecule has 0 aliphatic heterocycles. The first kappa shape index (κ1) is 26.3. The molecular formula is C26H27Cl2N3O4. The van der Waals surface area contributed by atoms with E-state index in [9.17, 15) is 14.7 Å². The second-order valence-corrected chi connectivity index (χ2v) is 8.57. The molecular weight excluding hydrogens is 489 g/mol. The number of hydrogen-bond donors (Lipinski definition) is 3. The average molecular weight is 516 g/mol. The number of para-hydroxylation sites is 2. The Morgan fingerprint density at radius 3 is 2.14 bits per heavy atom. The predicted molar refractivity (Wildman–Crippen MR) is 139 cm³/mol. The standard InChI is InChI=1S/C26H27Cl2N3O4/c1-17(26(34)31(18-10-4-2-5-11-18)19-12-6-3-7-13-19)30-25(33)20-16-21(27)24(22(28)23(20)32)35-15-9-8-14-29/h2-7,10-13,16-17,32H,8-9,14-15,29H2,1H3,(H,30,33)/t17-/m0/s1. The van der Waals surface area contributed by atoms with Gasteiger partial charge >= 0.3 is 0 Å². The molecule has 2 amide bonds. The van der Waals surface area contributed by atoms with Gasteiger partial charge in [0.25, 0.3) is 11.8 Å². The highest BCUT2D eigenvalue weighted by atomic mass is 35.5.